The zero-order valence-corrected chi connectivity index (χ0v) is 22.7. The van der Waals surface area contributed by atoms with Gasteiger partial charge >= 0.3 is 0 Å². The van der Waals surface area contributed by atoms with Crippen molar-refractivity contribution in [2.45, 2.75) is 45.4 Å². The van der Waals surface area contributed by atoms with Crippen molar-refractivity contribution in [3.63, 3.8) is 0 Å². The van der Waals surface area contributed by atoms with Crippen molar-refractivity contribution in [1.29, 1.82) is 0 Å². The lowest BCUT2D eigenvalue weighted by molar-refractivity contribution is -0.118. The quantitative estimate of drug-likeness (QED) is 0.268. The molecule has 3 aromatic carbocycles. The largest absolute Gasteiger partial charge is 0.343 e. The van der Waals surface area contributed by atoms with Crippen molar-refractivity contribution >= 4 is 22.5 Å². The van der Waals surface area contributed by atoms with E-state index in [1.165, 1.54) is 16.5 Å². The molecule has 0 aliphatic carbocycles. The Balaban J connectivity index is 1.22. The van der Waals surface area contributed by atoms with Crippen molar-refractivity contribution in [3.05, 3.63) is 89.7 Å². The lowest BCUT2D eigenvalue weighted by Gasteiger charge is -2.32. The number of hydrogen-bond donors (Lipinski definition) is 1. The summed E-state index contributed by atoms with van der Waals surface area (Å²) in [6.45, 7) is 7.01. The Labute approximate surface area is 225 Å². The first kappa shape index (κ1) is 26.2. The summed E-state index contributed by atoms with van der Waals surface area (Å²) in [5, 5.41) is 4.25. The average Bonchev–Trinajstić information content (AvgIpc) is 3.21. The van der Waals surface area contributed by atoms with Gasteiger partial charge in [-0.2, -0.15) is 0 Å². The Morgan fingerprint density at radius 3 is 2.50 bits per heavy atom. The number of nitrogens with one attached hydrogen (secondary N) is 1. The van der Waals surface area contributed by atoms with Gasteiger partial charge in [0.05, 0.1) is 5.69 Å². The maximum absolute atomic E-state index is 14.8. The lowest BCUT2D eigenvalue weighted by atomic mass is 9.89. The average molecular weight is 512 g/mol. The maximum Gasteiger partial charge on any atom is 0.226 e. The maximum atomic E-state index is 14.8. The molecule has 1 saturated heterocycles. The standard InChI is InChI=1S/C33H38FN3O/c1-23(2)33(38)35-26-11-8-10-25(22-26)24-17-20-37(21-18-24)19-9-14-28-27-12-5-7-16-31(27)36(3)32(28)29-13-4-6-15-30(29)34/h4-8,10-13,15-16,22-24H,9,14,17-21H2,1-3H3,(H,35,38). The number of para-hydroxylation sites is 1. The lowest BCUT2D eigenvalue weighted by Crippen LogP contribution is -2.33. The fraction of sp³-hybridized carbons (Fsp3) is 0.364. The van der Waals surface area contributed by atoms with Crippen LogP contribution >= 0.6 is 0 Å². The molecule has 1 amide bonds. The minimum Gasteiger partial charge on any atom is -0.343 e. The summed E-state index contributed by atoms with van der Waals surface area (Å²) in [5.41, 5.74) is 6.26. The molecule has 1 aliphatic rings. The van der Waals surface area contributed by atoms with Crippen LogP contribution in [-0.2, 0) is 18.3 Å². The summed E-state index contributed by atoms with van der Waals surface area (Å²) in [6, 6.07) is 23.9. The van der Waals surface area contributed by atoms with Gasteiger partial charge < -0.3 is 14.8 Å². The number of rotatable bonds is 8. The number of nitrogens with zero attached hydrogens (tertiary/aromatic N) is 2. The Morgan fingerprint density at radius 1 is 1.00 bits per heavy atom. The number of carbonyl (C=O) groups excluding carboxylic acids is 1. The van der Waals surface area contributed by atoms with E-state index in [4.69, 9.17) is 0 Å². The Kier molecular flexibility index (Phi) is 7.94. The summed E-state index contributed by atoms with van der Waals surface area (Å²) in [6.07, 6.45) is 4.20. The van der Waals surface area contributed by atoms with Crippen molar-refractivity contribution in [3.8, 4) is 11.3 Å². The molecule has 5 heteroatoms. The summed E-state index contributed by atoms with van der Waals surface area (Å²) in [7, 11) is 2.04. The molecule has 1 aliphatic heterocycles. The predicted octanol–water partition coefficient (Wildman–Crippen LogP) is 7.39. The number of fused-ring (bicyclic) bond motifs is 1. The number of benzene rings is 3. The van der Waals surface area contributed by atoms with Crippen molar-refractivity contribution in [2.24, 2.45) is 13.0 Å². The van der Waals surface area contributed by atoms with E-state index in [-0.39, 0.29) is 17.6 Å². The van der Waals surface area contributed by atoms with Gasteiger partial charge in [-0.25, -0.2) is 4.39 Å². The molecule has 0 saturated carbocycles. The minimum absolute atomic E-state index is 0.0291. The molecular weight excluding hydrogens is 473 g/mol. The van der Waals surface area contributed by atoms with Gasteiger partial charge in [0.25, 0.3) is 0 Å². The van der Waals surface area contributed by atoms with Gasteiger partial charge in [-0.3, -0.25) is 4.79 Å². The topological polar surface area (TPSA) is 37.3 Å². The smallest absolute Gasteiger partial charge is 0.226 e. The van der Waals surface area contributed by atoms with Crippen LogP contribution < -0.4 is 5.32 Å². The van der Waals surface area contributed by atoms with Crippen LogP contribution in [-0.4, -0.2) is 35.0 Å². The Hall–Kier alpha value is -3.44. The molecular formula is C33H38FN3O. The first-order valence-corrected chi connectivity index (χ1v) is 13.9. The summed E-state index contributed by atoms with van der Waals surface area (Å²) < 4.78 is 17.0. The second-order valence-corrected chi connectivity index (χ2v) is 10.9. The highest BCUT2D eigenvalue weighted by molar-refractivity contribution is 5.92. The van der Waals surface area contributed by atoms with Crippen molar-refractivity contribution in [1.82, 2.24) is 9.47 Å². The molecule has 198 valence electrons. The summed E-state index contributed by atoms with van der Waals surface area (Å²) >= 11 is 0. The number of aromatic nitrogens is 1. The van der Waals surface area contributed by atoms with E-state index in [0.717, 1.165) is 62.2 Å². The molecule has 4 nitrogen and oxygen atoms in total. The van der Waals surface area contributed by atoms with Crippen LogP contribution in [0.1, 0.15) is 50.2 Å². The second kappa shape index (κ2) is 11.5. The highest BCUT2D eigenvalue weighted by Crippen LogP contribution is 2.35. The highest BCUT2D eigenvalue weighted by atomic mass is 19.1. The van der Waals surface area contributed by atoms with Gasteiger partial charge in [-0.1, -0.05) is 56.3 Å². The van der Waals surface area contributed by atoms with Crippen molar-refractivity contribution < 1.29 is 9.18 Å². The first-order chi connectivity index (χ1) is 18.4. The zero-order valence-electron chi connectivity index (χ0n) is 22.7. The number of anilines is 1. The fourth-order valence-corrected chi connectivity index (χ4v) is 5.85. The van der Waals surface area contributed by atoms with Gasteiger partial charge in [0.1, 0.15) is 5.82 Å². The van der Waals surface area contributed by atoms with Gasteiger partial charge in [-0.15, -0.1) is 0 Å². The minimum atomic E-state index is -0.172. The normalized spacial score (nSPS) is 14.9. The third-order valence-corrected chi connectivity index (χ3v) is 7.98. The van der Waals surface area contributed by atoms with E-state index < -0.39 is 0 Å². The number of aryl methyl sites for hydroxylation is 2. The number of hydrogen-bond acceptors (Lipinski definition) is 2. The SMILES string of the molecule is CC(C)C(=O)Nc1cccc(C2CCN(CCCc3c(-c4ccccc4F)n(C)c4ccccc34)CC2)c1. The molecule has 1 fully saturated rings. The summed E-state index contributed by atoms with van der Waals surface area (Å²) in [4.78, 5) is 14.7. The molecule has 38 heavy (non-hydrogen) atoms. The molecule has 0 spiro atoms. The molecule has 2 heterocycles. The highest BCUT2D eigenvalue weighted by Gasteiger charge is 2.22. The van der Waals surface area contributed by atoms with E-state index in [0.29, 0.717) is 11.5 Å². The first-order valence-electron chi connectivity index (χ1n) is 13.9. The number of carbonyl (C=O) groups is 1. The molecule has 4 aromatic rings. The van der Waals surface area contributed by atoms with Crippen LogP contribution in [0.2, 0.25) is 0 Å². The fourth-order valence-electron chi connectivity index (χ4n) is 5.85. The molecule has 1 N–H and O–H groups in total. The predicted molar refractivity (Wildman–Crippen MR) is 155 cm³/mol. The van der Waals surface area contributed by atoms with E-state index in [1.807, 2.05) is 39.1 Å². The Morgan fingerprint density at radius 2 is 1.74 bits per heavy atom. The summed E-state index contributed by atoms with van der Waals surface area (Å²) in [5.74, 6) is 0.377. The van der Waals surface area contributed by atoms with Crippen LogP contribution in [0.15, 0.2) is 72.8 Å². The molecule has 5 rings (SSSR count). The molecule has 0 atom stereocenters. The van der Waals surface area contributed by atoms with Gasteiger partial charge in [0, 0.05) is 35.1 Å². The van der Waals surface area contributed by atoms with Gasteiger partial charge in [-0.05, 0) is 92.7 Å². The van der Waals surface area contributed by atoms with Crippen LogP contribution in [0.4, 0.5) is 10.1 Å². The van der Waals surface area contributed by atoms with Gasteiger partial charge in [0.2, 0.25) is 5.91 Å². The van der Waals surface area contributed by atoms with E-state index in [1.54, 1.807) is 12.1 Å². The van der Waals surface area contributed by atoms with Gasteiger partial charge in [0.15, 0.2) is 0 Å². The molecule has 0 radical (unpaired) electrons. The van der Waals surface area contributed by atoms with Crippen molar-refractivity contribution in [2.75, 3.05) is 25.0 Å². The van der Waals surface area contributed by atoms with E-state index in [9.17, 15) is 9.18 Å². The Bertz CT molecular complexity index is 1420. The van der Waals surface area contributed by atoms with E-state index in [2.05, 4.69) is 57.2 Å². The van der Waals surface area contributed by atoms with E-state index >= 15 is 0 Å². The zero-order chi connectivity index (χ0) is 26.6. The molecule has 1 aromatic heterocycles. The number of halogens is 1. The third kappa shape index (κ3) is 5.53. The van der Waals surface area contributed by atoms with Crippen LogP contribution in [0.3, 0.4) is 0 Å². The molecule has 0 unspecified atom stereocenters. The molecule has 0 bridgehead atoms. The van der Waals surface area contributed by atoms with Crippen LogP contribution in [0.25, 0.3) is 22.2 Å². The number of amides is 1. The number of likely N-dealkylation sites (tertiary alicyclic amines) is 1. The van der Waals surface area contributed by atoms with Crippen LogP contribution in [0, 0.1) is 11.7 Å². The van der Waals surface area contributed by atoms with Crippen LogP contribution in [0.5, 0.6) is 0 Å². The second-order valence-electron chi connectivity index (χ2n) is 10.9. The third-order valence-electron chi connectivity index (χ3n) is 7.98. The monoisotopic (exact) mass is 511 g/mol. The number of piperidine rings is 1.